The van der Waals surface area contributed by atoms with Crippen molar-refractivity contribution in [2.75, 3.05) is 23.3 Å². The maximum absolute atomic E-state index is 12.9. The van der Waals surface area contributed by atoms with Gasteiger partial charge in [-0.3, -0.25) is 0 Å². The highest BCUT2D eigenvalue weighted by atomic mass is 19.1. The molecule has 3 rings (SSSR count). The smallest absolute Gasteiger partial charge is 0.123 e. The number of para-hydroxylation sites is 2. The summed E-state index contributed by atoms with van der Waals surface area (Å²) in [5.41, 5.74) is 3.52. The van der Waals surface area contributed by atoms with Crippen LogP contribution in [0.15, 0.2) is 48.5 Å². The monoisotopic (exact) mass is 242 g/mol. The van der Waals surface area contributed by atoms with Crippen LogP contribution in [0.2, 0.25) is 0 Å². The molecule has 0 amide bonds. The first-order valence-electron chi connectivity index (χ1n) is 6.15. The molecule has 1 heterocycles. The third-order valence-electron chi connectivity index (χ3n) is 3.23. The third-order valence-corrected chi connectivity index (χ3v) is 3.23. The lowest BCUT2D eigenvalue weighted by atomic mass is 10.1. The van der Waals surface area contributed by atoms with E-state index in [1.807, 2.05) is 24.3 Å². The van der Waals surface area contributed by atoms with Gasteiger partial charge in [0.25, 0.3) is 0 Å². The van der Waals surface area contributed by atoms with Crippen molar-refractivity contribution in [3.8, 4) is 0 Å². The first-order chi connectivity index (χ1) is 8.83. The van der Waals surface area contributed by atoms with E-state index in [1.54, 1.807) is 0 Å². The quantitative estimate of drug-likeness (QED) is 0.869. The molecule has 0 spiro atoms. The summed E-state index contributed by atoms with van der Waals surface area (Å²) in [5.74, 6) is -0.181. The number of anilines is 2. The Morgan fingerprint density at radius 3 is 2.67 bits per heavy atom. The van der Waals surface area contributed by atoms with Crippen molar-refractivity contribution in [2.45, 2.75) is 6.54 Å². The fourth-order valence-corrected chi connectivity index (χ4v) is 2.32. The Morgan fingerprint density at radius 1 is 1.06 bits per heavy atom. The molecule has 2 nitrogen and oxygen atoms in total. The van der Waals surface area contributed by atoms with E-state index in [0.29, 0.717) is 0 Å². The minimum Gasteiger partial charge on any atom is -0.382 e. The molecule has 0 radical (unpaired) electrons. The maximum atomic E-state index is 12.9. The molecule has 0 fully saturated rings. The van der Waals surface area contributed by atoms with Gasteiger partial charge in [-0.25, -0.2) is 4.39 Å². The van der Waals surface area contributed by atoms with Gasteiger partial charge in [0.15, 0.2) is 0 Å². The number of hydrogen-bond donors (Lipinski definition) is 1. The highest BCUT2D eigenvalue weighted by molar-refractivity contribution is 5.71. The van der Waals surface area contributed by atoms with Gasteiger partial charge in [0.1, 0.15) is 5.82 Å². The summed E-state index contributed by atoms with van der Waals surface area (Å²) in [4.78, 5) is 2.32. The van der Waals surface area contributed by atoms with Crippen LogP contribution in [0.5, 0.6) is 0 Å². The number of hydrogen-bond acceptors (Lipinski definition) is 2. The second kappa shape index (κ2) is 4.69. The van der Waals surface area contributed by atoms with Crippen molar-refractivity contribution in [2.24, 2.45) is 0 Å². The summed E-state index contributed by atoms with van der Waals surface area (Å²) in [5, 5.41) is 3.39. The fraction of sp³-hybridized carbons (Fsp3) is 0.200. The van der Waals surface area contributed by atoms with E-state index >= 15 is 0 Å². The Labute approximate surface area is 106 Å². The molecule has 0 unspecified atom stereocenters. The molecule has 2 aromatic rings. The molecule has 92 valence electrons. The average Bonchev–Trinajstić information content (AvgIpc) is 2.42. The molecule has 1 aliphatic heterocycles. The molecule has 0 atom stereocenters. The van der Waals surface area contributed by atoms with Gasteiger partial charge in [-0.2, -0.15) is 0 Å². The van der Waals surface area contributed by atoms with E-state index < -0.39 is 0 Å². The van der Waals surface area contributed by atoms with Gasteiger partial charge in [0.2, 0.25) is 0 Å². The van der Waals surface area contributed by atoms with Gasteiger partial charge >= 0.3 is 0 Å². The Morgan fingerprint density at radius 2 is 1.83 bits per heavy atom. The molecule has 0 aliphatic carbocycles. The van der Waals surface area contributed by atoms with Gasteiger partial charge in [0, 0.05) is 19.6 Å². The van der Waals surface area contributed by atoms with Crippen molar-refractivity contribution >= 4 is 11.4 Å². The number of fused-ring (bicyclic) bond motifs is 1. The molecule has 1 N–H and O–H groups in total. The van der Waals surface area contributed by atoms with E-state index in [-0.39, 0.29) is 5.82 Å². The summed E-state index contributed by atoms with van der Waals surface area (Å²) in [7, 11) is 0. The van der Waals surface area contributed by atoms with Crippen molar-refractivity contribution < 1.29 is 4.39 Å². The van der Waals surface area contributed by atoms with Crippen LogP contribution in [0.4, 0.5) is 15.8 Å². The van der Waals surface area contributed by atoms with Crippen LogP contribution in [0.1, 0.15) is 5.56 Å². The number of nitrogens with zero attached hydrogens (tertiary/aromatic N) is 1. The Kier molecular flexibility index (Phi) is 2.89. The van der Waals surface area contributed by atoms with E-state index in [9.17, 15) is 4.39 Å². The minimum absolute atomic E-state index is 0.181. The molecule has 3 heteroatoms. The summed E-state index contributed by atoms with van der Waals surface area (Å²) in [6.45, 7) is 2.73. The zero-order valence-corrected chi connectivity index (χ0v) is 10.1. The SMILES string of the molecule is Fc1ccc(CN2CCNc3ccccc32)cc1. The maximum Gasteiger partial charge on any atom is 0.123 e. The zero-order valence-electron chi connectivity index (χ0n) is 10.1. The Hall–Kier alpha value is -2.03. The Bertz CT molecular complexity index is 536. The molecule has 2 aromatic carbocycles. The number of nitrogens with one attached hydrogen (secondary N) is 1. The van der Waals surface area contributed by atoms with Crippen LogP contribution in [-0.2, 0) is 6.54 Å². The second-order valence-corrected chi connectivity index (χ2v) is 4.49. The second-order valence-electron chi connectivity index (χ2n) is 4.49. The van der Waals surface area contributed by atoms with Gasteiger partial charge in [-0.05, 0) is 29.8 Å². The highest BCUT2D eigenvalue weighted by Gasteiger charge is 2.15. The first-order valence-corrected chi connectivity index (χ1v) is 6.15. The average molecular weight is 242 g/mol. The standard InChI is InChI=1S/C15H15FN2/c16-13-7-5-12(6-8-13)11-18-10-9-17-14-3-1-2-4-15(14)18/h1-8,17H,9-11H2. The van der Waals surface area contributed by atoms with E-state index in [2.05, 4.69) is 22.3 Å². The molecular weight excluding hydrogens is 227 g/mol. The summed E-state index contributed by atoms with van der Waals surface area (Å²) in [6.07, 6.45) is 0. The lowest BCUT2D eigenvalue weighted by Gasteiger charge is -2.32. The lowest BCUT2D eigenvalue weighted by Crippen LogP contribution is -2.33. The Balaban J connectivity index is 1.84. The van der Waals surface area contributed by atoms with E-state index in [4.69, 9.17) is 0 Å². The summed E-state index contributed by atoms with van der Waals surface area (Å²) in [6, 6.07) is 15.0. The van der Waals surface area contributed by atoms with Crippen molar-refractivity contribution in [3.05, 3.63) is 59.9 Å². The highest BCUT2D eigenvalue weighted by Crippen LogP contribution is 2.29. The van der Waals surface area contributed by atoms with Crippen LogP contribution >= 0.6 is 0 Å². The van der Waals surface area contributed by atoms with Crippen LogP contribution < -0.4 is 10.2 Å². The molecule has 0 saturated heterocycles. The van der Waals surface area contributed by atoms with Crippen LogP contribution in [0.3, 0.4) is 0 Å². The molecular formula is C15H15FN2. The van der Waals surface area contributed by atoms with E-state index in [0.717, 1.165) is 25.2 Å². The zero-order chi connectivity index (χ0) is 12.4. The molecule has 1 aliphatic rings. The van der Waals surface area contributed by atoms with Crippen LogP contribution in [0.25, 0.3) is 0 Å². The fourth-order valence-electron chi connectivity index (χ4n) is 2.32. The van der Waals surface area contributed by atoms with Crippen LogP contribution in [-0.4, -0.2) is 13.1 Å². The van der Waals surface area contributed by atoms with Crippen molar-refractivity contribution in [1.29, 1.82) is 0 Å². The first kappa shape index (κ1) is 11.1. The van der Waals surface area contributed by atoms with Gasteiger partial charge in [-0.15, -0.1) is 0 Å². The van der Waals surface area contributed by atoms with Gasteiger partial charge < -0.3 is 10.2 Å². The van der Waals surface area contributed by atoms with Gasteiger partial charge in [0.05, 0.1) is 11.4 Å². The predicted molar refractivity (Wildman–Crippen MR) is 72.4 cm³/mol. The normalized spacial score (nSPS) is 13.9. The minimum atomic E-state index is -0.181. The van der Waals surface area contributed by atoms with Crippen molar-refractivity contribution in [3.63, 3.8) is 0 Å². The summed E-state index contributed by atoms with van der Waals surface area (Å²) < 4.78 is 12.9. The van der Waals surface area contributed by atoms with Crippen LogP contribution in [0, 0.1) is 5.82 Å². The van der Waals surface area contributed by atoms with Crippen molar-refractivity contribution in [1.82, 2.24) is 0 Å². The largest absolute Gasteiger partial charge is 0.382 e. The number of halogens is 1. The van der Waals surface area contributed by atoms with E-state index in [1.165, 1.54) is 23.5 Å². The predicted octanol–water partition coefficient (Wildman–Crippen LogP) is 3.26. The number of rotatable bonds is 2. The summed E-state index contributed by atoms with van der Waals surface area (Å²) >= 11 is 0. The third kappa shape index (κ3) is 2.16. The lowest BCUT2D eigenvalue weighted by molar-refractivity contribution is 0.626. The number of benzene rings is 2. The van der Waals surface area contributed by atoms with Gasteiger partial charge in [-0.1, -0.05) is 24.3 Å². The topological polar surface area (TPSA) is 15.3 Å². The molecule has 0 aromatic heterocycles. The molecule has 0 bridgehead atoms. The molecule has 18 heavy (non-hydrogen) atoms. The molecule has 0 saturated carbocycles.